The molecule has 0 amide bonds. The lowest BCUT2D eigenvalue weighted by Crippen LogP contribution is -2.13. The van der Waals surface area contributed by atoms with E-state index in [4.69, 9.17) is 11.5 Å². The molecule has 1 aromatic carbocycles. The number of hydrogen-bond donors (Lipinski definition) is 3. The Labute approximate surface area is 127 Å². The highest BCUT2D eigenvalue weighted by Gasteiger charge is 2.08. The molecule has 0 saturated carbocycles. The Bertz CT molecular complexity index is 592. The minimum atomic E-state index is 0.687. The summed E-state index contributed by atoms with van der Waals surface area (Å²) in [7, 11) is 0. The van der Waals surface area contributed by atoms with Crippen molar-refractivity contribution in [3.63, 3.8) is 0 Å². The van der Waals surface area contributed by atoms with Gasteiger partial charge < -0.3 is 16.8 Å². The quantitative estimate of drug-likeness (QED) is 0.530. The number of nitrogen functional groups attached to an aromatic ring is 1. The third kappa shape index (κ3) is 4.73. The van der Waals surface area contributed by atoms with Crippen LogP contribution in [0.15, 0.2) is 79.2 Å². The molecule has 0 aliphatic carbocycles. The van der Waals surface area contributed by atoms with Crippen LogP contribution in [0, 0.1) is 0 Å². The Morgan fingerprint density at radius 2 is 2.05 bits per heavy atom. The van der Waals surface area contributed by atoms with E-state index in [1.165, 1.54) is 6.20 Å². The molecule has 0 aliphatic heterocycles. The summed E-state index contributed by atoms with van der Waals surface area (Å²) in [6.45, 7) is 10.4. The smallest absolute Gasteiger partial charge is 0.0393 e. The second-order valence-electron chi connectivity index (χ2n) is 4.51. The van der Waals surface area contributed by atoms with Crippen LogP contribution >= 0.6 is 0 Å². The van der Waals surface area contributed by atoms with Crippen molar-refractivity contribution in [1.82, 2.24) is 5.32 Å². The van der Waals surface area contributed by atoms with E-state index >= 15 is 0 Å². The van der Waals surface area contributed by atoms with E-state index in [0.29, 0.717) is 12.2 Å². The van der Waals surface area contributed by atoms with Crippen molar-refractivity contribution in [3.05, 3.63) is 84.8 Å². The molecule has 0 bridgehead atoms. The lowest BCUT2D eigenvalue weighted by molar-refractivity contribution is 0.920. The fraction of sp³-hybridized carbons (Fsp3) is 0.111. The summed E-state index contributed by atoms with van der Waals surface area (Å²) in [6.07, 6.45) is 8.94. The number of benzene rings is 1. The van der Waals surface area contributed by atoms with Crippen molar-refractivity contribution in [2.45, 2.75) is 6.92 Å². The second kappa shape index (κ2) is 8.48. The van der Waals surface area contributed by atoms with Crippen LogP contribution < -0.4 is 16.8 Å². The van der Waals surface area contributed by atoms with Crippen molar-refractivity contribution >= 4 is 11.3 Å². The van der Waals surface area contributed by atoms with Crippen molar-refractivity contribution in [3.8, 4) is 0 Å². The second-order valence-corrected chi connectivity index (χ2v) is 4.51. The van der Waals surface area contributed by atoms with Gasteiger partial charge in [0.15, 0.2) is 0 Å². The lowest BCUT2D eigenvalue weighted by Gasteiger charge is -2.14. The predicted octanol–water partition coefficient (Wildman–Crippen LogP) is 3.36. The minimum absolute atomic E-state index is 0.687. The maximum Gasteiger partial charge on any atom is 0.0393 e. The molecule has 1 aromatic rings. The van der Waals surface area contributed by atoms with Gasteiger partial charge in [0.05, 0.1) is 0 Å². The van der Waals surface area contributed by atoms with Gasteiger partial charge in [-0.05, 0) is 36.4 Å². The molecule has 5 N–H and O–H groups in total. The fourth-order valence-corrected chi connectivity index (χ4v) is 1.90. The number of anilines is 1. The van der Waals surface area contributed by atoms with Gasteiger partial charge in [0.2, 0.25) is 0 Å². The molecule has 3 heteroatoms. The molecule has 0 aliphatic rings. The molecule has 110 valence electrons. The van der Waals surface area contributed by atoms with E-state index in [-0.39, 0.29) is 0 Å². The van der Waals surface area contributed by atoms with E-state index in [9.17, 15) is 0 Å². The van der Waals surface area contributed by atoms with E-state index < -0.39 is 0 Å². The van der Waals surface area contributed by atoms with Crippen LogP contribution in [0.1, 0.15) is 12.5 Å². The molecular weight excluding hydrogens is 258 g/mol. The van der Waals surface area contributed by atoms with Gasteiger partial charge in [-0.25, -0.2) is 0 Å². The normalized spacial score (nSPS) is 12.4. The Hall–Kier alpha value is -2.68. The van der Waals surface area contributed by atoms with Gasteiger partial charge in [-0.3, -0.25) is 0 Å². The fourth-order valence-electron chi connectivity index (χ4n) is 1.90. The van der Waals surface area contributed by atoms with Crippen molar-refractivity contribution in [2.75, 3.05) is 12.3 Å². The molecule has 0 fully saturated rings. The third-order valence-corrected chi connectivity index (χ3v) is 3.08. The molecule has 3 nitrogen and oxygen atoms in total. The molecule has 0 radical (unpaired) electrons. The van der Waals surface area contributed by atoms with Crippen LogP contribution in [0.25, 0.3) is 5.57 Å². The first-order valence-electron chi connectivity index (χ1n) is 6.76. The van der Waals surface area contributed by atoms with Crippen LogP contribution in [-0.2, 0) is 0 Å². The van der Waals surface area contributed by atoms with Crippen LogP contribution in [-0.4, -0.2) is 6.54 Å². The summed E-state index contributed by atoms with van der Waals surface area (Å²) in [5.41, 5.74) is 16.1. The van der Waals surface area contributed by atoms with Gasteiger partial charge in [-0.2, -0.15) is 0 Å². The Kier molecular flexibility index (Phi) is 6.61. The van der Waals surface area contributed by atoms with Crippen molar-refractivity contribution < 1.29 is 0 Å². The van der Waals surface area contributed by atoms with E-state index in [1.807, 2.05) is 49.4 Å². The number of allylic oxidation sites excluding steroid dienone is 5. The highest BCUT2D eigenvalue weighted by atomic mass is 14.9. The van der Waals surface area contributed by atoms with Gasteiger partial charge in [-0.15, -0.1) is 0 Å². The van der Waals surface area contributed by atoms with Crippen molar-refractivity contribution in [1.29, 1.82) is 0 Å². The van der Waals surface area contributed by atoms with E-state index in [1.54, 1.807) is 6.08 Å². The molecule has 0 spiro atoms. The van der Waals surface area contributed by atoms with Crippen LogP contribution in [0.3, 0.4) is 0 Å². The summed E-state index contributed by atoms with van der Waals surface area (Å²) in [6, 6.07) is 7.70. The molecular formula is C18H23N3. The topological polar surface area (TPSA) is 64.1 Å². The summed E-state index contributed by atoms with van der Waals surface area (Å²) in [5, 5.41) is 3.24. The van der Waals surface area contributed by atoms with Crippen LogP contribution in [0.5, 0.6) is 0 Å². The van der Waals surface area contributed by atoms with Gasteiger partial charge in [-0.1, -0.05) is 49.6 Å². The summed E-state index contributed by atoms with van der Waals surface area (Å²) in [4.78, 5) is 0. The number of nitrogens with two attached hydrogens (primary N) is 2. The number of rotatable bonds is 7. The Balaban J connectivity index is 3.07. The molecule has 1 rings (SSSR count). The first-order valence-corrected chi connectivity index (χ1v) is 6.76. The maximum atomic E-state index is 6.05. The lowest BCUT2D eigenvalue weighted by atomic mass is 9.97. The average molecular weight is 281 g/mol. The number of hydrogen-bond acceptors (Lipinski definition) is 3. The van der Waals surface area contributed by atoms with Crippen molar-refractivity contribution in [2.24, 2.45) is 5.73 Å². The summed E-state index contributed by atoms with van der Waals surface area (Å²) in [5.74, 6) is 0. The van der Waals surface area contributed by atoms with Gasteiger partial charge in [0.25, 0.3) is 0 Å². The molecule has 0 aromatic heterocycles. The van der Waals surface area contributed by atoms with E-state index in [2.05, 4.69) is 18.5 Å². The highest BCUT2D eigenvalue weighted by Crippen LogP contribution is 2.27. The molecule has 0 atom stereocenters. The zero-order chi connectivity index (χ0) is 15.7. The largest absolute Gasteiger partial charge is 0.405 e. The zero-order valence-electron chi connectivity index (χ0n) is 12.5. The van der Waals surface area contributed by atoms with E-state index in [0.717, 1.165) is 22.4 Å². The number of nitrogens with one attached hydrogen (secondary N) is 1. The first kappa shape index (κ1) is 16.4. The predicted molar refractivity (Wildman–Crippen MR) is 93.3 cm³/mol. The van der Waals surface area contributed by atoms with Gasteiger partial charge in [0, 0.05) is 23.5 Å². The minimum Gasteiger partial charge on any atom is -0.405 e. The molecule has 0 saturated heterocycles. The first-order chi connectivity index (χ1) is 10.1. The Morgan fingerprint density at radius 1 is 1.33 bits per heavy atom. The maximum absolute atomic E-state index is 6.05. The SMILES string of the molecule is C=C/C=C\CNC(=C)/C(C)=C(/C=C\N)c1ccccc1N. The summed E-state index contributed by atoms with van der Waals surface area (Å²) >= 11 is 0. The molecule has 21 heavy (non-hydrogen) atoms. The Morgan fingerprint density at radius 3 is 2.67 bits per heavy atom. The molecule has 0 unspecified atom stereocenters. The van der Waals surface area contributed by atoms with Crippen LogP contribution in [0.2, 0.25) is 0 Å². The summed E-state index contributed by atoms with van der Waals surface area (Å²) < 4.78 is 0. The van der Waals surface area contributed by atoms with Crippen LogP contribution in [0.4, 0.5) is 5.69 Å². The monoisotopic (exact) mass is 281 g/mol. The molecule has 0 heterocycles. The third-order valence-electron chi connectivity index (χ3n) is 3.08. The zero-order valence-corrected chi connectivity index (χ0v) is 12.5. The van der Waals surface area contributed by atoms with Gasteiger partial charge in [0.1, 0.15) is 0 Å². The average Bonchev–Trinajstić information content (AvgIpc) is 2.49. The highest BCUT2D eigenvalue weighted by molar-refractivity contribution is 5.84. The van der Waals surface area contributed by atoms with Gasteiger partial charge >= 0.3 is 0 Å². The number of para-hydroxylation sites is 1. The standard InChI is InChI=1S/C18H23N3/c1-4-5-8-13-21-15(3)14(2)16(11-12-19)17-9-6-7-10-18(17)20/h4-12,21H,1,3,13,19-20H2,2H3/b8-5-,12-11-,16-14-.